The lowest BCUT2D eigenvalue weighted by atomic mass is 10.1. The second-order valence-electron chi connectivity index (χ2n) is 6.18. The molecule has 0 aromatic heterocycles. The normalized spacial score (nSPS) is 15.6. The van der Waals surface area contributed by atoms with Gasteiger partial charge < -0.3 is 10.2 Å². The number of amides is 1. The molecule has 1 fully saturated rings. The Kier molecular flexibility index (Phi) is 5.23. The third-order valence-electron chi connectivity index (χ3n) is 4.20. The van der Waals surface area contributed by atoms with Gasteiger partial charge in [0.15, 0.2) is 0 Å². The lowest BCUT2D eigenvalue weighted by Gasteiger charge is -2.11. The van der Waals surface area contributed by atoms with Gasteiger partial charge >= 0.3 is 0 Å². The first-order valence-corrected chi connectivity index (χ1v) is 9.79. The first-order valence-electron chi connectivity index (χ1n) is 8.35. The van der Waals surface area contributed by atoms with Gasteiger partial charge in [0.05, 0.1) is 16.5 Å². The smallest absolute Gasteiger partial charge is 0.284 e. The number of carbonyl (C=O) groups is 1. The number of amidine groups is 1. The highest BCUT2D eigenvalue weighted by molar-refractivity contribution is 7.90. The fourth-order valence-electron chi connectivity index (χ4n) is 2.77. The Bertz CT molecular complexity index is 1050. The largest absolute Gasteiger partial charge is 0.362 e. The van der Waals surface area contributed by atoms with Crippen LogP contribution in [0.2, 0.25) is 0 Å². The maximum atomic E-state index is 12.6. The van der Waals surface area contributed by atoms with Crippen LogP contribution in [0.5, 0.6) is 0 Å². The molecule has 0 spiro atoms. The molecule has 1 aliphatic heterocycles. The molecule has 0 bridgehead atoms. The van der Waals surface area contributed by atoms with Gasteiger partial charge in [0.25, 0.3) is 15.9 Å². The summed E-state index contributed by atoms with van der Waals surface area (Å²) in [6, 6.07) is 14.2. The quantitative estimate of drug-likeness (QED) is 0.876. The highest BCUT2D eigenvalue weighted by Crippen LogP contribution is 2.20. The molecule has 0 atom stereocenters. The molecule has 0 saturated carbocycles. The van der Waals surface area contributed by atoms with Crippen molar-refractivity contribution < 1.29 is 13.2 Å². The summed E-state index contributed by atoms with van der Waals surface area (Å²) in [4.78, 5) is 14.2. The van der Waals surface area contributed by atoms with Crippen LogP contribution in [0.4, 0.5) is 5.69 Å². The fourth-order valence-corrected chi connectivity index (χ4v) is 3.91. The van der Waals surface area contributed by atoms with Crippen LogP contribution < -0.4 is 5.32 Å². The van der Waals surface area contributed by atoms with Gasteiger partial charge in [-0.25, -0.2) is 0 Å². The van der Waals surface area contributed by atoms with E-state index in [0.717, 1.165) is 13.0 Å². The number of carbonyl (C=O) groups excluding carboxylic acids is 1. The van der Waals surface area contributed by atoms with Gasteiger partial charge in [-0.1, -0.05) is 12.1 Å². The molecule has 1 amide bonds. The number of sulfonamides is 1. The van der Waals surface area contributed by atoms with Gasteiger partial charge in [-0.15, -0.1) is 4.40 Å². The highest BCUT2D eigenvalue weighted by Gasteiger charge is 2.20. The number of nitrogens with zero attached hydrogens (tertiary/aromatic N) is 3. The fraction of sp³-hybridized carbons (Fsp3) is 0.211. The summed E-state index contributed by atoms with van der Waals surface area (Å²) >= 11 is 0. The van der Waals surface area contributed by atoms with Crippen molar-refractivity contribution in [1.29, 1.82) is 5.26 Å². The van der Waals surface area contributed by atoms with E-state index in [1.54, 1.807) is 30.3 Å². The Morgan fingerprint density at radius 3 is 2.70 bits per heavy atom. The zero-order valence-corrected chi connectivity index (χ0v) is 15.5. The minimum Gasteiger partial charge on any atom is -0.362 e. The molecule has 1 N–H and O–H groups in total. The van der Waals surface area contributed by atoms with Gasteiger partial charge in [-0.05, 0) is 42.8 Å². The van der Waals surface area contributed by atoms with Gasteiger partial charge in [0.1, 0.15) is 5.84 Å². The van der Waals surface area contributed by atoms with E-state index in [2.05, 4.69) is 9.71 Å². The second kappa shape index (κ2) is 7.60. The van der Waals surface area contributed by atoms with Crippen molar-refractivity contribution >= 4 is 27.5 Å². The number of nitriles is 1. The molecule has 138 valence electrons. The summed E-state index contributed by atoms with van der Waals surface area (Å²) in [5.41, 5.74) is 1.02. The van der Waals surface area contributed by atoms with E-state index in [0.29, 0.717) is 29.1 Å². The maximum Gasteiger partial charge on any atom is 0.284 e. The zero-order chi connectivity index (χ0) is 19.4. The number of nitrogens with one attached hydrogen (secondary N) is 1. The number of anilines is 1. The molecule has 3 rings (SSSR count). The zero-order valence-electron chi connectivity index (χ0n) is 14.7. The van der Waals surface area contributed by atoms with Gasteiger partial charge in [0, 0.05) is 31.3 Å². The van der Waals surface area contributed by atoms with Crippen molar-refractivity contribution in [3.05, 3.63) is 59.7 Å². The van der Waals surface area contributed by atoms with E-state index >= 15 is 0 Å². The first kappa shape index (κ1) is 18.6. The predicted molar refractivity (Wildman–Crippen MR) is 102 cm³/mol. The van der Waals surface area contributed by atoms with Crippen molar-refractivity contribution in [1.82, 2.24) is 4.90 Å². The molecule has 0 aliphatic carbocycles. The van der Waals surface area contributed by atoms with Crippen molar-refractivity contribution in [2.45, 2.75) is 17.7 Å². The van der Waals surface area contributed by atoms with Crippen LogP contribution in [0, 0.1) is 11.3 Å². The summed E-state index contributed by atoms with van der Waals surface area (Å²) in [5.74, 6) is 0.112. The number of hydrogen-bond acceptors (Lipinski definition) is 4. The van der Waals surface area contributed by atoms with E-state index in [1.807, 2.05) is 18.0 Å². The first-order chi connectivity index (χ1) is 12.9. The highest BCUT2D eigenvalue weighted by atomic mass is 32.2. The van der Waals surface area contributed by atoms with E-state index in [1.165, 1.54) is 18.2 Å². The summed E-state index contributed by atoms with van der Waals surface area (Å²) in [6.07, 6.45) is 1.50. The summed E-state index contributed by atoms with van der Waals surface area (Å²) in [6.45, 7) is 0.784. The van der Waals surface area contributed by atoms with Crippen molar-refractivity contribution in [2.75, 3.05) is 18.9 Å². The Labute approximate surface area is 158 Å². The van der Waals surface area contributed by atoms with E-state index in [9.17, 15) is 13.2 Å². The average molecular weight is 382 g/mol. The summed E-state index contributed by atoms with van der Waals surface area (Å²) < 4.78 is 29.1. The number of hydrogen-bond donors (Lipinski definition) is 1. The topological polar surface area (TPSA) is 103 Å². The Morgan fingerprint density at radius 2 is 2.00 bits per heavy atom. The molecule has 2 aromatic carbocycles. The Hall–Kier alpha value is -3.18. The van der Waals surface area contributed by atoms with Crippen LogP contribution >= 0.6 is 0 Å². The minimum atomic E-state index is -3.86. The van der Waals surface area contributed by atoms with E-state index in [-0.39, 0.29) is 4.90 Å². The van der Waals surface area contributed by atoms with Crippen LogP contribution in [0.1, 0.15) is 28.8 Å². The SMILES string of the molecule is CN1CCC/C1=N/S(=O)(=O)c1cccc(NC(=O)c2cccc(C#N)c2)c1. The molecular formula is C19H18N4O3S. The van der Waals surface area contributed by atoms with Crippen LogP contribution in [-0.4, -0.2) is 38.7 Å². The minimum absolute atomic E-state index is 0.0128. The lowest BCUT2D eigenvalue weighted by Crippen LogP contribution is -2.20. The van der Waals surface area contributed by atoms with Gasteiger partial charge in [0.2, 0.25) is 0 Å². The average Bonchev–Trinajstić information content (AvgIpc) is 3.06. The standard InChI is InChI=1S/C19H18N4O3S/c1-23-10-4-9-18(23)22-27(25,26)17-8-3-7-16(12-17)21-19(24)15-6-2-5-14(11-15)13-20/h2-3,5-8,11-12H,4,9-10H2,1H3,(H,21,24)/b22-18-. The second-order valence-corrected chi connectivity index (χ2v) is 7.79. The van der Waals surface area contributed by atoms with E-state index in [4.69, 9.17) is 5.26 Å². The molecule has 1 heterocycles. The molecule has 0 radical (unpaired) electrons. The third kappa shape index (κ3) is 4.33. The van der Waals surface area contributed by atoms with Gasteiger partial charge in [-0.2, -0.15) is 13.7 Å². The van der Waals surface area contributed by atoms with Crippen LogP contribution in [0.15, 0.2) is 57.8 Å². The van der Waals surface area contributed by atoms with Crippen LogP contribution in [0.3, 0.4) is 0 Å². The summed E-state index contributed by atoms with van der Waals surface area (Å²) in [7, 11) is -2.05. The van der Waals surface area contributed by atoms with Gasteiger partial charge in [-0.3, -0.25) is 4.79 Å². The monoisotopic (exact) mass is 382 g/mol. The summed E-state index contributed by atoms with van der Waals surface area (Å²) in [5, 5.41) is 11.6. The Morgan fingerprint density at radius 1 is 1.22 bits per heavy atom. The Balaban J connectivity index is 1.83. The molecule has 8 heteroatoms. The van der Waals surface area contributed by atoms with Crippen molar-refractivity contribution in [2.24, 2.45) is 4.40 Å². The molecule has 1 saturated heterocycles. The maximum absolute atomic E-state index is 12.6. The van der Waals surface area contributed by atoms with E-state index < -0.39 is 15.9 Å². The third-order valence-corrected chi connectivity index (χ3v) is 5.50. The van der Waals surface area contributed by atoms with Crippen LogP contribution in [-0.2, 0) is 10.0 Å². The molecular weight excluding hydrogens is 364 g/mol. The molecule has 0 unspecified atom stereocenters. The van der Waals surface area contributed by atoms with Crippen molar-refractivity contribution in [3.8, 4) is 6.07 Å². The molecule has 1 aliphatic rings. The number of rotatable bonds is 4. The van der Waals surface area contributed by atoms with Crippen molar-refractivity contribution in [3.63, 3.8) is 0 Å². The van der Waals surface area contributed by atoms with Crippen LogP contribution in [0.25, 0.3) is 0 Å². The number of likely N-dealkylation sites (tertiary alicyclic amines) is 1. The predicted octanol–water partition coefficient (Wildman–Crippen LogP) is 2.62. The lowest BCUT2D eigenvalue weighted by molar-refractivity contribution is 0.102. The molecule has 2 aromatic rings. The molecule has 27 heavy (non-hydrogen) atoms. The molecule has 7 nitrogen and oxygen atoms in total. The number of benzene rings is 2.